The highest BCUT2D eigenvalue weighted by Gasteiger charge is 2.72. The van der Waals surface area contributed by atoms with Gasteiger partial charge in [0.05, 0.1) is 24.5 Å². The van der Waals surface area contributed by atoms with Crippen LogP contribution in [0.25, 0.3) is 0 Å². The number of aliphatic hydroxyl groups is 1. The van der Waals surface area contributed by atoms with Crippen molar-refractivity contribution in [1.82, 2.24) is 4.90 Å². The van der Waals surface area contributed by atoms with Crippen LogP contribution in [-0.4, -0.2) is 95.9 Å². The second-order valence-electron chi connectivity index (χ2n) is 14.6. The van der Waals surface area contributed by atoms with Crippen LogP contribution in [0.3, 0.4) is 0 Å². The van der Waals surface area contributed by atoms with Crippen LogP contribution in [0.5, 0.6) is 11.5 Å². The van der Waals surface area contributed by atoms with Gasteiger partial charge in [0.25, 0.3) is 0 Å². The molecular weight excluding hydrogens is 614 g/mol. The van der Waals surface area contributed by atoms with Gasteiger partial charge in [0, 0.05) is 18.0 Å². The monoisotopic (exact) mass is 659 g/mol. The highest BCUT2D eigenvalue weighted by atomic mass is 16.7. The number of carbonyl (C=O) groups is 4. The number of carbonyl (C=O) groups excluding carboxylic acids is 4. The van der Waals surface area contributed by atoms with Crippen LogP contribution in [0, 0.1) is 0 Å². The van der Waals surface area contributed by atoms with E-state index in [0.29, 0.717) is 30.9 Å². The molecule has 0 amide bonds. The van der Waals surface area contributed by atoms with Crippen LogP contribution >= 0.6 is 0 Å². The number of hydrogen-bond donors (Lipinski definition) is 1. The fourth-order valence-corrected chi connectivity index (χ4v) is 7.16. The van der Waals surface area contributed by atoms with Crippen molar-refractivity contribution in [3.8, 4) is 11.5 Å². The van der Waals surface area contributed by atoms with Crippen LogP contribution in [-0.2, 0) is 49.9 Å². The standard InChI is InChI=1S/C34H45NO12/c1-18(42-30(39)47-32(5,6)7)28(37)44-22(29(38)46-31(2,3)4)17-24(36)43-21-12-13-34(40)23-16-19-10-11-20(41-9)26-25(19)33(34,27(21)45-26)14-15-35(23)8/h10-12,18,22-23,27,40H,13-17H2,1-9H3/t18?,22?,23-,27+,33+,34-/m1/s1. The number of ether oxygens (including phenoxy) is 7. The zero-order valence-electron chi connectivity index (χ0n) is 28.5. The van der Waals surface area contributed by atoms with E-state index < -0.39 is 71.0 Å². The van der Waals surface area contributed by atoms with Crippen LogP contribution < -0.4 is 9.47 Å². The Labute approximate surface area is 274 Å². The predicted molar refractivity (Wildman–Crippen MR) is 165 cm³/mol. The van der Waals surface area contributed by atoms with E-state index in [2.05, 4.69) is 4.90 Å². The van der Waals surface area contributed by atoms with Crippen LogP contribution in [0.2, 0.25) is 0 Å². The van der Waals surface area contributed by atoms with Gasteiger partial charge in [0.1, 0.15) is 17.0 Å². The van der Waals surface area contributed by atoms with E-state index >= 15 is 0 Å². The predicted octanol–water partition coefficient (Wildman–Crippen LogP) is 3.50. The molecule has 1 aromatic carbocycles. The maximum absolute atomic E-state index is 13.5. The Morgan fingerprint density at radius 2 is 1.72 bits per heavy atom. The first-order valence-corrected chi connectivity index (χ1v) is 15.8. The first-order valence-electron chi connectivity index (χ1n) is 15.8. The number of likely N-dealkylation sites (tertiary alicyclic amines) is 1. The van der Waals surface area contributed by atoms with E-state index in [0.717, 1.165) is 11.1 Å². The van der Waals surface area contributed by atoms with Crippen LogP contribution in [0.4, 0.5) is 4.79 Å². The Bertz CT molecular complexity index is 1490. The lowest BCUT2D eigenvalue weighted by Crippen LogP contribution is -2.74. The summed E-state index contributed by atoms with van der Waals surface area (Å²) < 4.78 is 38.9. The minimum absolute atomic E-state index is 0.185. The molecule has 47 heavy (non-hydrogen) atoms. The quantitative estimate of drug-likeness (QED) is 0.320. The molecule has 258 valence electrons. The largest absolute Gasteiger partial charge is 0.509 e. The van der Waals surface area contributed by atoms with Gasteiger partial charge in [-0.2, -0.15) is 0 Å². The van der Waals surface area contributed by atoms with Crippen molar-refractivity contribution in [1.29, 1.82) is 0 Å². The molecule has 0 saturated carbocycles. The van der Waals surface area contributed by atoms with Crippen molar-refractivity contribution in [3.05, 3.63) is 35.1 Å². The lowest BCUT2D eigenvalue weighted by molar-refractivity contribution is -0.183. The normalized spacial score (nSPS) is 27.2. The number of hydrogen-bond acceptors (Lipinski definition) is 13. The molecule has 5 rings (SSSR count). The van der Waals surface area contributed by atoms with Gasteiger partial charge in [0.2, 0.25) is 6.10 Å². The summed E-state index contributed by atoms with van der Waals surface area (Å²) in [6.45, 7) is 11.7. The molecule has 2 bridgehead atoms. The number of nitrogens with zero attached hydrogens (tertiary/aromatic N) is 1. The third-order valence-corrected chi connectivity index (χ3v) is 9.06. The second-order valence-corrected chi connectivity index (χ2v) is 14.6. The van der Waals surface area contributed by atoms with Gasteiger partial charge in [-0.05, 0) is 92.6 Å². The Hall–Kier alpha value is -3.84. The maximum Gasteiger partial charge on any atom is 0.509 e. The molecule has 0 radical (unpaired) electrons. The Kier molecular flexibility index (Phi) is 8.80. The molecule has 1 spiro atoms. The molecule has 13 heteroatoms. The maximum atomic E-state index is 13.5. The van der Waals surface area contributed by atoms with Crippen molar-refractivity contribution >= 4 is 24.1 Å². The summed E-state index contributed by atoms with van der Waals surface area (Å²) in [5.41, 5.74) is -2.03. The van der Waals surface area contributed by atoms with Gasteiger partial charge in [-0.1, -0.05) is 6.07 Å². The number of piperidine rings is 1. The minimum atomic E-state index is -1.71. The highest BCUT2D eigenvalue weighted by molar-refractivity contribution is 5.86. The molecule has 4 aliphatic rings. The number of benzene rings is 1. The third-order valence-electron chi connectivity index (χ3n) is 9.06. The van der Waals surface area contributed by atoms with E-state index in [1.807, 2.05) is 19.2 Å². The number of methoxy groups -OCH3 is 1. The first-order chi connectivity index (χ1) is 21.8. The topological polar surface area (TPSA) is 156 Å². The summed E-state index contributed by atoms with van der Waals surface area (Å²) in [6.07, 6.45) is -2.81. The molecule has 2 unspecified atom stereocenters. The fraction of sp³-hybridized carbons (Fsp3) is 0.647. The molecule has 1 saturated heterocycles. The molecule has 2 heterocycles. The average molecular weight is 660 g/mol. The Balaban J connectivity index is 1.37. The summed E-state index contributed by atoms with van der Waals surface area (Å²) in [7, 11) is 3.54. The SMILES string of the molecule is COc1ccc2c3c1O[C@H]1C(OC(=O)CC(OC(=O)C(C)OC(=O)OC(C)(C)C)C(=O)OC(C)(C)C)=CC[C@@]4(O)[C@@H](C2)N(C)CC[C@]314. The molecule has 1 fully saturated rings. The zero-order chi connectivity index (χ0) is 34.7. The van der Waals surface area contributed by atoms with E-state index in [4.69, 9.17) is 33.2 Å². The van der Waals surface area contributed by atoms with Gasteiger partial charge in [-0.25, -0.2) is 14.4 Å². The molecule has 2 aliphatic carbocycles. The Morgan fingerprint density at radius 3 is 2.36 bits per heavy atom. The molecule has 1 N–H and O–H groups in total. The highest BCUT2D eigenvalue weighted by Crippen LogP contribution is 2.65. The van der Waals surface area contributed by atoms with E-state index in [1.54, 1.807) is 54.7 Å². The van der Waals surface area contributed by atoms with E-state index in [-0.39, 0.29) is 18.2 Å². The number of esters is 3. The van der Waals surface area contributed by atoms with Crippen molar-refractivity contribution in [2.45, 2.75) is 121 Å². The summed E-state index contributed by atoms with van der Waals surface area (Å²) in [4.78, 5) is 53.8. The van der Waals surface area contributed by atoms with Gasteiger partial charge in [-0.15, -0.1) is 0 Å². The van der Waals surface area contributed by atoms with E-state index in [1.165, 1.54) is 6.92 Å². The van der Waals surface area contributed by atoms with Gasteiger partial charge >= 0.3 is 24.1 Å². The molecule has 1 aromatic rings. The lowest BCUT2D eigenvalue weighted by Gasteiger charge is -2.61. The number of likely N-dealkylation sites (N-methyl/N-ethyl adjacent to an activating group) is 1. The van der Waals surface area contributed by atoms with Crippen LogP contribution in [0.1, 0.15) is 78.9 Å². The van der Waals surface area contributed by atoms with Crippen molar-refractivity contribution in [3.63, 3.8) is 0 Å². The molecular formula is C34H45NO12. The van der Waals surface area contributed by atoms with Gasteiger partial charge < -0.3 is 43.2 Å². The molecule has 13 nitrogen and oxygen atoms in total. The Morgan fingerprint density at radius 1 is 1.04 bits per heavy atom. The van der Waals surface area contributed by atoms with Gasteiger partial charge in [-0.3, -0.25) is 4.79 Å². The zero-order valence-corrected chi connectivity index (χ0v) is 28.5. The summed E-state index contributed by atoms with van der Waals surface area (Å²) in [5.74, 6) is -1.76. The minimum Gasteiger partial charge on any atom is -0.493 e. The van der Waals surface area contributed by atoms with Gasteiger partial charge in [0.15, 0.2) is 23.7 Å². The summed E-state index contributed by atoms with van der Waals surface area (Å²) >= 11 is 0. The fourth-order valence-electron chi connectivity index (χ4n) is 7.16. The van der Waals surface area contributed by atoms with E-state index in [9.17, 15) is 24.3 Å². The van der Waals surface area contributed by atoms with Crippen LogP contribution in [0.15, 0.2) is 24.0 Å². The smallest absolute Gasteiger partial charge is 0.493 e. The van der Waals surface area contributed by atoms with Crippen molar-refractivity contribution < 1.29 is 57.4 Å². The molecule has 0 aromatic heterocycles. The number of rotatable bonds is 8. The summed E-state index contributed by atoms with van der Waals surface area (Å²) in [6, 6.07) is 3.64. The lowest BCUT2D eigenvalue weighted by atomic mass is 9.50. The summed E-state index contributed by atoms with van der Waals surface area (Å²) in [5, 5.41) is 12.4. The molecule has 6 atom stereocenters. The first kappa shape index (κ1) is 34.5. The third kappa shape index (κ3) is 6.27. The van der Waals surface area contributed by atoms with Crippen molar-refractivity contribution in [2.24, 2.45) is 0 Å². The average Bonchev–Trinajstić information content (AvgIpc) is 3.30. The molecule has 2 aliphatic heterocycles. The second kappa shape index (κ2) is 12.0. The van der Waals surface area contributed by atoms with Crippen molar-refractivity contribution in [2.75, 3.05) is 20.7 Å².